The van der Waals surface area contributed by atoms with Crippen LogP contribution in [0.2, 0.25) is 0 Å². The number of nitrogens with one attached hydrogen (secondary N) is 2. The number of carboxylic acid groups (broad SMARTS) is 2. The van der Waals surface area contributed by atoms with Crippen LogP contribution < -0.4 is 10.2 Å². The van der Waals surface area contributed by atoms with Crippen LogP contribution >= 0.6 is 0 Å². The van der Waals surface area contributed by atoms with E-state index in [1.54, 1.807) is 12.4 Å². The number of fused-ring (bicyclic) bond motifs is 2. The van der Waals surface area contributed by atoms with Gasteiger partial charge in [-0.3, -0.25) is 0 Å². The van der Waals surface area contributed by atoms with Crippen LogP contribution in [0.3, 0.4) is 0 Å². The van der Waals surface area contributed by atoms with E-state index in [1.165, 1.54) is 0 Å². The zero-order valence-corrected chi connectivity index (χ0v) is 17.5. The van der Waals surface area contributed by atoms with Crippen molar-refractivity contribution in [3.63, 3.8) is 0 Å². The molecule has 0 bridgehead atoms. The number of para-hydroxylation sites is 2. The second-order valence-electron chi connectivity index (χ2n) is 5.82. The summed E-state index contributed by atoms with van der Waals surface area (Å²) in [5.41, 5.74) is 3.46. The fourth-order valence-corrected chi connectivity index (χ4v) is 2.87. The molecule has 0 saturated carbocycles. The Morgan fingerprint density at radius 2 is 1.07 bits per heavy atom. The first kappa shape index (κ1) is 20.4. The molecule has 0 fully saturated rings. The maximum absolute atomic E-state index is 10.4. The summed E-state index contributed by atoms with van der Waals surface area (Å²) < 4.78 is 0. The van der Waals surface area contributed by atoms with Gasteiger partial charge in [0.25, 0.3) is 0 Å². The number of aromatic nitrogens is 2. The van der Waals surface area contributed by atoms with Gasteiger partial charge >= 0.3 is 19.5 Å². The monoisotopic (exact) mass is 412 g/mol. The van der Waals surface area contributed by atoms with Crippen LogP contribution in [0.5, 0.6) is 0 Å². The molecule has 2 heterocycles. The van der Waals surface area contributed by atoms with Crippen molar-refractivity contribution in [3.8, 4) is 0 Å². The number of aliphatic carboxylic acids is 2. The van der Waals surface area contributed by atoms with E-state index in [0.29, 0.717) is 0 Å². The molecule has 6 nitrogen and oxygen atoms in total. The van der Waals surface area contributed by atoms with E-state index in [-0.39, 0.29) is 32.3 Å². The molecule has 0 spiro atoms. The van der Waals surface area contributed by atoms with Gasteiger partial charge in [0.05, 0.1) is 0 Å². The Labute approximate surface area is 168 Å². The zero-order chi connectivity index (χ0) is 18.5. The van der Waals surface area contributed by atoms with Crippen LogP contribution in [0.25, 0.3) is 21.8 Å². The largest absolute Gasteiger partial charge is 2.00 e. The summed E-state index contributed by atoms with van der Waals surface area (Å²) >= 11 is 0. The van der Waals surface area contributed by atoms with Crippen LogP contribution in [-0.2, 0) is 41.9 Å². The summed E-state index contributed by atoms with van der Waals surface area (Å²) in [6, 6.07) is 15.2. The van der Waals surface area contributed by atoms with Gasteiger partial charge in [-0.25, -0.2) is 0 Å². The molecule has 0 atom stereocenters. The van der Waals surface area contributed by atoms with E-state index in [0.717, 1.165) is 32.9 Å². The third-order valence-corrected chi connectivity index (χ3v) is 4.02. The zero-order valence-electron chi connectivity index (χ0n) is 14.5. The van der Waals surface area contributed by atoms with Gasteiger partial charge in [-0.05, 0) is 23.3 Å². The van der Waals surface area contributed by atoms with E-state index in [1.807, 2.05) is 48.5 Å². The summed E-state index contributed by atoms with van der Waals surface area (Å²) in [5, 5.41) is 22.7. The molecule has 0 aliphatic rings. The SMILES string of the molecule is O=C([O-])Cc1c[nH]c2ccccc12.O=C([O-])Cc1c[nH]c2ccccc12.[Zn+2]. The average molecular weight is 414 g/mol. The van der Waals surface area contributed by atoms with Crippen LogP contribution in [0, 0.1) is 0 Å². The van der Waals surface area contributed by atoms with Crippen LogP contribution in [0.1, 0.15) is 11.1 Å². The molecular formula is C20H16N2O4Zn. The van der Waals surface area contributed by atoms with Crippen molar-refractivity contribution in [3.05, 3.63) is 72.1 Å². The van der Waals surface area contributed by atoms with Gasteiger partial charge in [0.15, 0.2) is 0 Å². The molecule has 0 aliphatic carbocycles. The Hall–Kier alpha value is -2.92. The minimum absolute atomic E-state index is 0. The number of carbonyl (C=O) groups is 2. The van der Waals surface area contributed by atoms with E-state index in [9.17, 15) is 19.8 Å². The number of aromatic amines is 2. The number of benzene rings is 2. The number of carbonyl (C=O) groups excluding carboxylic acids is 2. The number of hydrogen-bond donors (Lipinski definition) is 2. The molecule has 2 N–H and O–H groups in total. The summed E-state index contributed by atoms with van der Waals surface area (Å²) in [7, 11) is 0. The maximum Gasteiger partial charge on any atom is 2.00 e. The Morgan fingerprint density at radius 3 is 1.44 bits per heavy atom. The van der Waals surface area contributed by atoms with Gasteiger partial charge < -0.3 is 29.8 Å². The smallest absolute Gasteiger partial charge is 0.550 e. The predicted molar refractivity (Wildman–Crippen MR) is 94.0 cm³/mol. The molecule has 4 rings (SSSR count). The van der Waals surface area contributed by atoms with Crippen LogP contribution in [0.15, 0.2) is 60.9 Å². The van der Waals surface area contributed by atoms with Crippen LogP contribution in [0.4, 0.5) is 0 Å². The van der Waals surface area contributed by atoms with E-state index in [2.05, 4.69) is 9.97 Å². The molecular weight excluding hydrogens is 398 g/mol. The third kappa shape index (κ3) is 5.05. The predicted octanol–water partition coefficient (Wildman–Crippen LogP) is 0.918. The molecule has 4 aromatic rings. The molecule has 0 radical (unpaired) electrons. The Morgan fingerprint density at radius 1 is 0.704 bits per heavy atom. The molecule has 0 unspecified atom stereocenters. The average Bonchev–Trinajstić information content (AvgIpc) is 3.20. The number of H-pyrrole nitrogens is 2. The fraction of sp³-hybridized carbons (Fsp3) is 0.100. The normalized spacial score (nSPS) is 10.1. The second kappa shape index (κ2) is 9.15. The van der Waals surface area contributed by atoms with E-state index in [4.69, 9.17) is 0 Å². The van der Waals surface area contributed by atoms with E-state index < -0.39 is 11.9 Å². The molecule has 0 saturated heterocycles. The van der Waals surface area contributed by atoms with Crippen molar-refractivity contribution < 1.29 is 39.3 Å². The van der Waals surface area contributed by atoms with Gasteiger partial charge in [-0.2, -0.15) is 0 Å². The Bertz CT molecular complexity index is 982. The summed E-state index contributed by atoms with van der Waals surface area (Å²) in [4.78, 5) is 26.8. The summed E-state index contributed by atoms with van der Waals surface area (Å²) in [6.07, 6.45) is 3.34. The molecule has 132 valence electrons. The third-order valence-electron chi connectivity index (χ3n) is 4.02. The van der Waals surface area contributed by atoms with Crippen molar-refractivity contribution in [2.45, 2.75) is 12.8 Å². The van der Waals surface area contributed by atoms with Gasteiger partial charge in [0.2, 0.25) is 0 Å². The maximum atomic E-state index is 10.4. The fourth-order valence-electron chi connectivity index (χ4n) is 2.87. The number of carboxylic acids is 2. The first-order chi connectivity index (χ1) is 12.5. The summed E-state index contributed by atoms with van der Waals surface area (Å²) in [6.45, 7) is 0. The first-order valence-corrected chi connectivity index (χ1v) is 8.04. The first-order valence-electron chi connectivity index (χ1n) is 8.04. The second-order valence-corrected chi connectivity index (χ2v) is 5.82. The van der Waals surface area contributed by atoms with Gasteiger partial charge in [0.1, 0.15) is 0 Å². The number of rotatable bonds is 4. The van der Waals surface area contributed by atoms with Gasteiger partial charge in [-0.15, -0.1) is 0 Å². The molecule has 2 aromatic carbocycles. The Kier molecular flexibility index (Phi) is 6.91. The minimum atomic E-state index is -1.05. The topological polar surface area (TPSA) is 112 Å². The van der Waals surface area contributed by atoms with Crippen molar-refractivity contribution in [1.82, 2.24) is 9.97 Å². The van der Waals surface area contributed by atoms with Crippen molar-refractivity contribution in [2.75, 3.05) is 0 Å². The van der Waals surface area contributed by atoms with Crippen LogP contribution in [-0.4, -0.2) is 21.9 Å². The molecule has 27 heavy (non-hydrogen) atoms. The quantitative estimate of drug-likeness (QED) is 0.484. The Balaban J connectivity index is 0.000000187. The minimum Gasteiger partial charge on any atom is -0.550 e. The molecule has 2 aromatic heterocycles. The standard InChI is InChI=1S/2C10H9NO2.Zn/c2*12-10(13)5-7-6-11-9-4-2-1-3-8(7)9;/h2*1-4,6,11H,5H2,(H,12,13);/q;;+2/p-2. The molecule has 0 amide bonds. The van der Waals surface area contributed by atoms with Crippen molar-refractivity contribution in [1.29, 1.82) is 0 Å². The number of hydrogen-bond acceptors (Lipinski definition) is 4. The van der Waals surface area contributed by atoms with E-state index >= 15 is 0 Å². The van der Waals surface area contributed by atoms with Gasteiger partial charge in [0, 0.05) is 59.0 Å². The van der Waals surface area contributed by atoms with Crippen molar-refractivity contribution >= 4 is 33.7 Å². The molecule has 7 heteroatoms. The molecule has 0 aliphatic heterocycles. The summed E-state index contributed by atoms with van der Waals surface area (Å²) in [5.74, 6) is -2.10. The van der Waals surface area contributed by atoms with Gasteiger partial charge in [-0.1, -0.05) is 36.4 Å². The van der Waals surface area contributed by atoms with Crippen molar-refractivity contribution in [2.24, 2.45) is 0 Å².